The number of thiophene rings is 1. The van der Waals surface area contributed by atoms with Crippen molar-refractivity contribution in [3.8, 4) is 0 Å². The third-order valence-corrected chi connectivity index (χ3v) is 4.81. The van der Waals surface area contributed by atoms with Crippen molar-refractivity contribution in [3.05, 3.63) is 4.88 Å². The minimum absolute atomic E-state index is 0.0148. The molecule has 1 amide bonds. The number of amides is 1. The van der Waals surface area contributed by atoms with Crippen LogP contribution < -0.4 is 16.4 Å². The van der Waals surface area contributed by atoms with E-state index in [-0.39, 0.29) is 21.4 Å². The summed E-state index contributed by atoms with van der Waals surface area (Å²) < 4.78 is 23.5. The zero-order valence-electron chi connectivity index (χ0n) is 11.2. The largest absolute Gasteiger partial charge is 0.396 e. The van der Waals surface area contributed by atoms with Gasteiger partial charge < -0.3 is 16.4 Å². The average molecular weight is 305 g/mol. The van der Waals surface area contributed by atoms with Crippen molar-refractivity contribution in [3.63, 3.8) is 0 Å². The molecule has 1 aromatic rings. The van der Waals surface area contributed by atoms with Crippen molar-refractivity contribution >= 4 is 37.8 Å². The molecule has 0 saturated carbocycles. The third-order valence-electron chi connectivity index (χ3n) is 2.35. The molecule has 1 heterocycles. The molecule has 108 valence electrons. The summed E-state index contributed by atoms with van der Waals surface area (Å²) in [5, 5.41) is 6.05. The number of carbonyl (C=O) groups is 1. The van der Waals surface area contributed by atoms with Crippen LogP contribution in [0.4, 0.5) is 10.7 Å². The Morgan fingerprint density at radius 1 is 1.37 bits per heavy atom. The van der Waals surface area contributed by atoms with Crippen LogP contribution in [0.5, 0.6) is 0 Å². The molecule has 1 rings (SSSR count). The lowest BCUT2D eigenvalue weighted by Gasteiger charge is -2.03. The molecule has 0 unspecified atom stereocenters. The number of nitrogens with two attached hydrogens (primary N) is 1. The Balaban J connectivity index is 3.26. The first-order chi connectivity index (χ1) is 8.82. The number of rotatable bonds is 6. The van der Waals surface area contributed by atoms with E-state index < -0.39 is 9.84 Å². The fourth-order valence-corrected chi connectivity index (χ4v) is 4.12. The Labute approximate surface area is 117 Å². The molecule has 0 bridgehead atoms. The number of carbonyl (C=O) groups excluding carboxylic acids is 1. The van der Waals surface area contributed by atoms with E-state index in [1.807, 2.05) is 13.8 Å². The van der Waals surface area contributed by atoms with Gasteiger partial charge in [0.2, 0.25) is 0 Å². The first kappa shape index (κ1) is 15.8. The van der Waals surface area contributed by atoms with Crippen LogP contribution in [0.25, 0.3) is 0 Å². The van der Waals surface area contributed by atoms with E-state index in [1.165, 1.54) is 0 Å². The molecule has 0 aliphatic rings. The van der Waals surface area contributed by atoms with Gasteiger partial charge in [-0.25, -0.2) is 8.42 Å². The van der Waals surface area contributed by atoms with Crippen molar-refractivity contribution in [2.45, 2.75) is 25.2 Å². The van der Waals surface area contributed by atoms with Crippen molar-refractivity contribution in [1.82, 2.24) is 5.32 Å². The van der Waals surface area contributed by atoms with Gasteiger partial charge in [-0.3, -0.25) is 4.79 Å². The van der Waals surface area contributed by atoms with Crippen LogP contribution in [-0.2, 0) is 9.84 Å². The molecule has 0 atom stereocenters. The Bertz CT molecular complexity index is 564. The SMILES string of the molecule is CCCNC(=O)c1sc(NCC)c(S(C)(=O)=O)c1N. The minimum Gasteiger partial charge on any atom is -0.396 e. The molecule has 4 N–H and O–H groups in total. The molecule has 0 saturated heterocycles. The smallest absolute Gasteiger partial charge is 0.263 e. The van der Waals surface area contributed by atoms with E-state index in [4.69, 9.17) is 5.73 Å². The summed E-state index contributed by atoms with van der Waals surface area (Å²) in [6.07, 6.45) is 1.88. The first-order valence-corrected chi connectivity index (χ1v) is 8.68. The second-order valence-corrected chi connectivity index (χ2v) is 7.03. The van der Waals surface area contributed by atoms with Crippen LogP contribution in [0.1, 0.15) is 29.9 Å². The molecule has 0 fully saturated rings. The van der Waals surface area contributed by atoms with Crippen LogP contribution in [-0.4, -0.2) is 33.7 Å². The first-order valence-electron chi connectivity index (χ1n) is 5.97. The zero-order chi connectivity index (χ0) is 14.6. The van der Waals surface area contributed by atoms with Gasteiger partial charge in [0.05, 0.1) is 5.69 Å². The second-order valence-electron chi connectivity index (χ2n) is 4.06. The summed E-state index contributed by atoms with van der Waals surface area (Å²) in [7, 11) is -3.48. The highest BCUT2D eigenvalue weighted by atomic mass is 32.2. The fourth-order valence-electron chi connectivity index (χ4n) is 1.56. The van der Waals surface area contributed by atoms with Gasteiger partial charge in [0.15, 0.2) is 9.84 Å². The summed E-state index contributed by atoms with van der Waals surface area (Å²) in [5.41, 5.74) is 5.85. The van der Waals surface area contributed by atoms with Gasteiger partial charge in [-0.05, 0) is 13.3 Å². The maximum absolute atomic E-state index is 11.9. The van der Waals surface area contributed by atoms with Gasteiger partial charge in [-0.2, -0.15) is 0 Å². The van der Waals surface area contributed by atoms with Gasteiger partial charge in [0, 0.05) is 19.3 Å². The van der Waals surface area contributed by atoms with Crippen molar-refractivity contribution < 1.29 is 13.2 Å². The van der Waals surface area contributed by atoms with Crippen LogP contribution in [0.15, 0.2) is 4.90 Å². The summed E-state index contributed by atoms with van der Waals surface area (Å²) in [5.74, 6) is -0.335. The van der Waals surface area contributed by atoms with Crippen LogP contribution >= 0.6 is 11.3 Å². The lowest BCUT2D eigenvalue weighted by atomic mass is 10.3. The van der Waals surface area contributed by atoms with Crippen LogP contribution in [0.2, 0.25) is 0 Å². The molecule has 0 aliphatic carbocycles. The third kappa shape index (κ3) is 3.60. The van der Waals surface area contributed by atoms with E-state index in [9.17, 15) is 13.2 Å². The molecule has 19 heavy (non-hydrogen) atoms. The predicted octanol–water partition coefficient (Wildman–Crippen LogP) is 1.31. The molecule has 8 heteroatoms. The van der Waals surface area contributed by atoms with Crippen molar-refractivity contribution in [2.24, 2.45) is 0 Å². The monoisotopic (exact) mass is 305 g/mol. The van der Waals surface area contributed by atoms with Gasteiger partial charge in [-0.1, -0.05) is 6.92 Å². The summed E-state index contributed by atoms with van der Waals surface area (Å²) >= 11 is 1.07. The number of anilines is 2. The molecular formula is C11H19N3O3S2. The minimum atomic E-state index is -3.48. The Morgan fingerprint density at radius 2 is 2.00 bits per heavy atom. The number of sulfone groups is 1. The maximum Gasteiger partial charge on any atom is 0.263 e. The Morgan fingerprint density at radius 3 is 2.47 bits per heavy atom. The Hall–Kier alpha value is -1.28. The second kappa shape index (κ2) is 6.25. The van der Waals surface area contributed by atoms with E-state index in [0.717, 1.165) is 24.0 Å². The maximum atomic E-state index is 11.9. The van der Waals surface area contributed by atoms with E-state index in [2.05, 4.69) is 10.6 Å². The average Bonchev–Trinajstić information content (AvgIpc) is 2.63. The highest BCUT2D eigenvalue weighted by Gasteiger charge is 2.26. The van der Waals surface area contributed by atoms with E-state index in [0.29, 0.717) is 18.1 Å². The topological polar surface area (TPSA) is 101 Å². The number of hydrogen-bond donors (Lipinski definition) is 3. The molecule has 1 aromatic heterocycles. The molecule has 0 radical (unpaired) electrons. The van der Waals surface area contributed by atoms with Crippen molar-refractivity contribution in [1.29, 1.82) is 0 Å². The van der Waals surface area contributed by atoms with Gasteiger partial charge in [0.25, 0.3) is 5.91 Å². The normalized spacial score (nSPS) is 11.3. The number of nitrogen functional groups attached to an aromatic ring is 1. The van der Waals surface area contributed by atoms with Crippen molar-refractivity contribution in [2.75, 3.05) is 30.4 Å². The molecule has 0 spiro atoms. The predicted molar refractivity (Wildman–Crippen MR) is 78.6 cm³/mol. The molecular weight excluding hydrogens is 286 g/mol. The van der Waals surface area contributed by atoms with Gasteiger partial charge >= 0.3 is 0 Å². The quantitative estimate of drug-likeness (QED) is 0.735. The van der Waals surface area contributed by atoms with Gasteiger partial charge in [0.1, 0.15) is 14.8 Å². The van der Waals surface area contributed by atoms with E-state index in [1.54, 1.807) is 0 Å². The molecule has 0 aromatic carbocycles. The lowest BCUT2D eigenvalue weighted by molar-refractivity contribution is 0.0958. The number of nitrogens with one attached hydrogen (secondary N) is 2. The highest BCUT2D eigenvalue weighted by molar-refractivity contribution is 7.91. The Kier molecular flexibility index (Phi) is 5.19. The lowest BCUT2D eigenvalue weighted by Crippen LogP contribution is -2.24. The van der Waals surface area contributed by atoms with Crippen LogP contribution in [0, 0.1) is 0 Å². The van der Waals surface area contributed by atoms with E-state index >= 15 is 0 Å². The number of hydrogen-bond acceptors (Lipinski definition) is 6. The zero-order valence-corrected chi connectivity index (χ0v) is 12.9. The molecule has 0 aliphatic heterocycles. The van der Waals surface area contributed by atoms with Gasteiger partial charge in [-0.15, -0.1) is 11.3 Å². The highest BCUT2D eigenvalue weighted by Crippen LogP contribution is 2.38. The fraction of sp³-hybridized carbons (Fsp3) is 0.545. The standard InChI is InChI=1S/C11H19N3O3S2/c1-4-6-14-10(15)8-7(12)9(19(3,16)17)11(18-8)13-5-2/h13H,4-6,12H2,1-3H3,(H,14,15). The summed E-state index contributed by atoms with van der Waals surface area (Å²) in [4.78, 5) is 12.2. The molecule has 6 nitrogen and oxygen atoms in total. The van der Waals surface area contributed by atoms with Crippen LogP contribution in [0.3, 0.4) is 0 Å². The summed E-state index contributed by atoms with van der Waals surface area (Å²) in [6.45, 7) is 4.86. The summed E-state index contributed by atoms with van der Waals surface area (Å²) in [6, 6.07) is 0.